The van der Waals surface area contributed by atoms with Crippen LogP contribution < -0.4 is 16.0 Å². The minimum atomic E-state index is -0.240. The molecule has 0 saturated heterocycles. The number of nitrogens with zero attached hydrogens (tertiary/aromatic N) is 6. The summed E-state index contributed by atoms with van der Waals surface area (Å²) in [6, 6.07) is 32.3. The van der Waals surface area contributed by atoms with Crippen molar-refractivity contribution in [2.45, 2.75) is 249 Å². The van der Waals surface area contributed by atoms with Crippen molar-refractivity contribution in [3.63, 3.8) is 0 Å². The highest BCUT2D eigenvalue weighted by atomic mass is 35.5. The van der Waals surface area contributed by atoms with E-state index in [0.717, 1.165) is 180 Å². The second-order valence-corrected chi connectivity index (χ2v) is 33.4. The van der Waals surface area contributed by atoms with Crippen LogP contribution in [0.3, 0.4) is 0 Å². The number of carbonyl (C=O) groups excluding carboxylic acids is 3. The summed E-state index contributed by atoms with van der Waals surface area (Å²) in [5, 5.41) is 26.7. The van der Waals surface area contributed by atoms with Crippen LogP contribution in [-0.2, 0) is 38.5 Å². The summed E-state index contributed by atoms with van der Waals surface area (Å²) in [7, 11) is 0. The first kappa shape index (κ1) is 73.0. The number of nitrogens with one attached hydrogen (secondary N) is 3. The van der Waals surface area contributed by atoms with Crippen molar-refractivity contribution in [1.82, 2.24) is 45.3 Å². The summed E-state index contributed by atoms with van der Waals surface area (Å²) in [6.07, 6.45) is 30.0. The molecule has 544 valence electrons. The van der Waals surface area contributed by atoms with Crippen LogP contribution >= 0.6 is 46.4 Å². The molecule has 3 N–H and O–H groups in total. The highest BCUT2D eigenvalue weighted by Gasteiger charge is 2.60. The number of hydrogen-bond acceptors (Lipinski definition) is 6. The molecule has 8 aliphatic rings. The van der Waals surface area contributed by atoms with E-state index >= 15 is 0 Å². The Labute approximate surface area is 624 Å². The van der Waals surface area contributed by atoms with E-state index < -0.39 is 0 Å². The second-order valence-electron chi connectivity index (χ2n) is 31.7. The number of carbonyl (C=O) groups is 3. The molecule has 5 aromatic carbocycles. The maximum Gasteiger partial charge on any atom is 0.272 e. The molecule has 3 heterocycles. The molecule has 5 fully saturated rings. The fraction of sp³-hybridized carbons (Fsp3) is 0.500. The number of rotatable bonds is 15. The number of hydrogen-bond donors (Lipinski definition) is 3. The number of aromatic nitrogens is 6. The molecule has 0 spiro atoms. The lowest BCUT2D eigenvalue weighted by Crippen LogP contribution is -2.52. The molecule has 2 bridgehead atoms. The summed E-state index contributed by atoms with van der Waals surface area (Å²) in [4.78, 5) is 40.5. The van der Waals surface area contributed by atoms with E-state index in [2.05, 4.69) is 41.4 Å². The van der Waals surface area contributed by atoms with Gasteiger partial charge in [-0.25, -0.2) is 22.5 Å². The maximum atomic E-state index is 14.1. The molecule has 12 nitrogen and oxygen atoms in total. The highest BCUT2D eigenvalue weighted by Crippen LogP contribution is 2.62. The van der Waals surface area contributed by atoms with Gasteiger partial charge in [-0.1, -0.05) is 142 Å². The molecule has 3 amide bonds. The first-order valence-electron chi connectivity index (χ1n) is 38.2. The fourth-order valence-electron chi connectivity index (χ4n) is 18.6. The van der Waals surface area contributed by atoms with Crippen molar-refractivity contribution in [1.29, 1.82) is 0 Å². The smallest absolute Gasteiger partial charge is 0.272 e. The average molecular weight is 1480 g/mol. The first-order valence-corrected chi connectivity index (χ1v) is 39.7. The lowest BCUT2D eigenvalue weighted by molar-refractivity contribution is 0.0731. The van der Waals surface area contributed by atoms with Gasteiger partial charge in [0.1, 0.15) is 17.5 Å². The Bertz CT molecular complexity index is 4410. The molecule has 3 aromatic heterocycles. The maximum absolute atomic E-state index is 14.1. The van der Waals surface area contributed by atoms with E-state index in [9.17, 15) is 27.6 Å². The van der Waals surface area contributed by atoms with E-state index in [4.69, 9.17) is 61.7 Å². The molecule has 5 saturated carbocycles. The molecular weight excluding hydrogens is 1380 g/mol. The zero-order valence-electron chi connectivity index (χ0n) is 59.6. The van der Waals surface area contributed by atoms with Crippen LogP contribution in [0.15, 0.2) is 109 Å². The molecule has 0 aliphatic heterocycles. The van der Waals surface area contributed by atoms with Gasteiger partial charge in [0.05, 0.1) is 38.8 Å². The third-order valence-corrected chi connectivity index (χ3v) is 25.4. The SMILES string of the molecule is CC12CCC(C1)C(C)(C)[C@H]2NC(=O)c1nn(-c2ccc(Cl)cc2Cl)c2c1CCCCC2Cc1cccc(F)c1.O=C(NC1CCC1)c1nn(-c2ccc(Cl)cc2Cl)c2c1CCCCC2Cc1cccc(F)c1.O=C(NC1CCC1)c1nn(C2CCCCC2)c2c1CCCCC2Cc1cccc(F)c1. The van der Waals surface area contributed by atoms with Gasteiger partial charge in [0, 0.05) is 68.3 Å². The number of amides is 3. The lowest BCUT2D eigenvalue weighted by atomic mass is 9.68. The van der Waals surface area contributed by atoms with Crippen LogP contribution in [0.1, 0.15) is 274 Å². The normalized spacial score (nSPS) is 23.0. The number of fused-ring (bicyclic) bond motifs is 5. The predicted molar refractivity (Wildman–Crippen MR) is 403 cm³/mol. The van der Waals surface area contributed by atoms with Crippen molar-refractivity contribution in [3.05, 3.63) is 214 Å². The highest BCUT2D eigenvalue weighted by molar-refractivity contribution is 6.36. The Morgan fingerprint density at radius 1 is 0.456 bits per heavy atom. The van der Waals surface area contributed by atoms with Gasteiger partial charge in [0.25, 0.3) is 17.7 Å². The van der Waals surface area contributed by atoms with Crippen LogP contribution in [-0.4, -0.2) is 65.2 Å². The topological polar surface area (TPSA) is 141 Å². The predicted octanol–water partition coefficient (Wildman–Crippen LogP) is 20.8. The summed E-state index contributed by atoms with van der Waals surface area (Å²) < 4.78 is 47.8. The summed E-state index contributed by atoms with van der Waals surface area (Å²) in [5.74, 6) is 0.225. The monoisotopic (exact) mass is 1480 g/mol. The standard InChI is InChI=1S/C32H36Cl2FN3O.C26H26Cl2FN3O.C26H34FN3O/c1-31(2)21-13-14-32(3,18-21)30(31)36-29(39)27-24-10-5-4-8-20(15-19-7-6-9-23(35)16-19)28(24)38(37-27)26-12-11-22(33)17-25(26)34;27-18-11-12-23(22(28)15-18)32-25-17(13-16-5-3-7-19(29)14-16)6-1-2-10-21(25)24(31-32)26(33)30-20-8-4-9-20;27-20-10-6-8-18(17-20)16-19-9-4-5-15-23-24(26(31)28-21-11-7-12-21)29-30(25(19)23)22-13-2-1-3-14-22/h6-7,9,11-12,16-17,20-21,30H,4-5,8,10,13-15,18H2,1-3H3,(H,36,39);3,5,7,11-12,14-15,17,20H,1-2,4,6,8-10,13H2,(H,30,33);6,8,10,17,19,21-22H,1-5,7,9,11-16H2,(H,28,31)/t20?,21?,30-,32?;;/m1../s1. The van der Waals surface area contributed by atoms with E-state index in [0.29, 0.717) is 85.3 Å². The van der Waals surface area contributed by atoms with Gasteiger partial charge in [-0.3, -0.25) is 19.1 Å². The molecule has 0 radical (unpaired) electrons. The van der Waals surface area contributed by atoms with Gasteiger partial charge < -0.3 is 16.0 Å². The van der Waals surface area contributed by atoms with Crippen molar-refractivity contribution < 1.29 is 27.6 Å². The van der Waals surface area contributed by atoms with E-state index in [1.54, 1.807) is 60.7 Å². The summed E-state index contributed by atoms with van der Waals surface area (Å²) in [5.41, 5.74) is 12.5. The largest absolute Gasteiger partial charge is 0.348 e. The first-order chi connectivity index (χ1) is 49.7. The molecule has 103 heavy (non-hydrogen) atoms. The van der Waals surface area contributed by atoms with E-state index in [1.165, 1.54) is 61.6 Å². The van der Waals surface area contributed by atoms with Gasteiger partial charge in [0.15, 0.2) is 17.1 Å². The number of halogens is 7. The van der Waals surface area contributed by atoms with Gasteiger partial charge in [0.2, 0.25) is 0 Å². The van der Waals surface area contributed by atoms with Gasteiger partial charge in [-0.05, 0) is 254 Å². The summed E-state index contributed by atoms with van der Waals surface area (Å²) in [6.45, 7) is 6.93. The van der Waals surface area contributed by atoms with Gasteiger partial charge >= 0.3 is 0 Å². The summed E-state index contributed by atoms with van der Waals surface area (Å²) >= 11 is 25.7. The fourth-order valence-corrected chi connectivity index (χ4v) is 19.6. The zero-order valence-corrected chi connectivity index (χ0v) is 62.6. The van der Waals surface area contributed by atoms with Crippen LogP contribution in [0.5, 0.6) is 0 Å². The Morgan fingerprint density at radius 2 is 0.864 bits per heavy atom. The molecule has 19 heteroatoms. The zero-order chi connectivity index (χ0) is 71.7. The van der Waals surface area contributed by atoms with Crippen molar-refractivity contribution in [2.75, 3.05) is 0 Å². The van der Waals surface area contributed by atoms with Crippen molar-refractivity contribution in [2.24, 2.45) is 16.7 Å². The Kier molecular flexibility index (Phi) is 22.4. The van der Waals surface area contributed by atoms with E-state index in [-0.39, 0.29) is 69.9 Å². The molecule has 8 aromatic rings. The van der Waals surface area contributed by atoms with E-state index in [1.807, 2.05) is 39.7 Å². The van der Waals surface area contributed by atoms with Crippen LogP contribution in [0.2, 0.25) is 20.1 Å². The molecular formula is C84H96Cl4F3N9O3. The molecule has 8 aliphatic carbocycles. The minimum absolute atomic E-state index is 0.0157. The minimum Gasteiger partial charge on any atom is -0.348 e. The second kappa shape index (κ2) is 31.6. The van der Waals surface area contributed by atoms with Gasteiger partial charge in [-0.2, -0.15) is 15.3 Å². The molecule has 5 unspecified atom stereocenters. The third kappa shape index (κ3) is 16.0. The van der Waals surface area contributed by atoms with Gasteiger partial charge in [-0.15, -0.1) is 0 Å². The Morgan fingerprint density at radius 3 is 1.26 bits per heavy atom. The quantitative estimate of drug-likeness (QED) is 0.0873. The van der Waals surface area contributed by atoms with Crippen LogP contribution in [0.4, 0.5) is 13.2 Å². The third-order valence-electron chi connectivity index (χ3n) is 24.3. The van der Waals surface area contributed by atoms with Crippen LogP contribution in [0.25, 0.3) is 11.4 Å². The average Bonchev–Trinajstić information content (AvgIpc) is 1.56. The Hall–Kier alpha value is -6.91. The number of benzene rings is 5. The molecule has 6 atom stereocenters. The molecule has 16 rings (SSSR count). The van der Waals surface area contributed by atoms with Crippen molar-refractivity contribution in [3.8, 4) is 11.4 Å². The Balaban J connectivity index is 0.000000132. The van der Waals surface area contributed by atoms with Crippen LogP contribution in [0, 0.1) is 34.2 Å². The lowest BCUT2D eigenvalue weighted by Gasteiger charge is -2.43. The van der Waals surface area contributed by atoms with Crippen molar-refractivity contribution >= 4 is 64.1 Å².